The van der Waals surface area contributed by atoms with Gasteiger partial charge in [0, 0.05) is 15.7 Å². The minimum absolute atomic E-state index is 1.27. The molecule has 1 heterocycles. The fraction of sp³-hybridized carbons (Fsp3) is 0.214. The number of hydrogen-bond donors (Lipinski definition) is 0. The van der Waals surface area contributed by atoms with Gasteiger partial charge in [0.2, 0.25) is 5.69 Å². The standard InChI is InChI=1S/C14H15IN/c1-10-7-8-12(15)14(11(10)2)13-6-4-5-9-16(13)3/h4-9H,1-3H3/q+1. The van der Waals surface area contributed by atoms with Gasteiger partial charge in [-0.3, -0.25) is 0 Å². The molecule has 0 fully saturated rings. The molecule has 82 valence electrons. The molecule has 0 atom stereocenters. The van der Waals surface area contributed by atoms with Crippen LogP contribution in [0.1, 0.15) is 11.1 Å². The van der Waals surface area contributed by atoms with Crippen LogP contribution in [0.25, 0.3) is 11.3 Å². The Morgan fingerprint density at radius 3 is 2.50 bits per heavy atom. The third-order valence-corrected chi connectivity index (χ3v) is 3.89. The molecule has 0 N–H and O–H groups in total. The summed E-state index contributed by atoms with van der Waals surface area (Å²) in [5.74, 6) is 0. The van der Waals surface area contributed by atoms with Crippen LogP contribution in [0, 0.1) is 17.4 Å². The summed E-state index contributed by atoms with van der Waals surface area (Å²) >= 11 is 2.41. The van der Waals surface area contributed by atoms with Gasteiger partial charge in [-0.15, -0.1) is 0 Å². The number of pyridine rings is 1. The highest BCUT2D eigenvalue weighted by molar-refractivity contribution is 14.1. The third-order valence-electron chi connectivity index (χ3n) is 3.00. The van der Waals surface area contributed by atoms with Crippen LogP contribution >= 0.6 is 22.6 Å². The van der Waals surface area contributed by atoms with E-state index in [4.69, 9.17) is 0 Å². The number of benzene rings is 1. The number of rotatable bonds is 1. The molecule has 0 bridgehead atoms. The summed E-state index contributed by atoms with van der Waals surface area (Å²) in [6, 6.07) is 10.7. The lowest BCUT2D eigenvalue weighted by atomic mass is 10.0. The molecule has 16 heavy (non-hydrogen) atoms. The van der Waals surface area contributed by atoms with E-state index in [-0.39, 0.29) is 0 Å². The Kier molecular flexibility index (Phi) is 3.28. The van der Waals surface area contributed by atoms with E-state index >= 15 is 0 Å². The van der Waals surface area contributed by atoms with Gasteiger partial charge in [-0.05, 0) is 59.7 Å². The van der Waals surface area contributed by atoms with Gasteiger partial charge >= 0.3 is 0 Å². The van der Waals surface area contributed by atoms with E-state index < -0.39 is 0 Å². The van der Waals surface area contributed by atoms with Crippen LogP contribution in [-0.4, -0.2) is 0 Å². The summed E-state index contributed by atoms with van der Waals surface area (Å²) < 4.78 is 3.48. The van der Waals surface area contributed by atoms with Crippen LogP contribution in [0.3, 0.4) is 0 Å². The second-order valence-corrected chi connectivity index (χ2v) is 5.22. The van der Waals surface area contributed by atoms with Crippen LogP contribution in [0.4, 0.5) is 0 Å². The van der Waals surface area contributed by atoms with Crippen LogP contribution < -0.4 is 4.57 Å². The van der Waals surface area contributed by atoms with Crippen molar-refractivity contribution in [1.82, 2.24) is 0 Å². The topological polar surface area (TPSA) is 3.88 Å². The fourth-order valence-corrected chi connectivity index (χ4v) is 2.74. The van der Waals surface area contributed by atoms with E-state index in [1.807, 2.05) is 0 Å². The van der Waals surface area contributed by atoms with Crippen molar-refractivity contribution in [3.8, 4) is 11.3 Å². The molecule has 0 saturated heterocycles. The number of hydrogen-bond acceptors (Lipinski definition) is 0. The first-order chi connectivity index (χ1) is 7.61. The predicted molar refractivity (Wildman–Crippen MR) is 75.2 cm³/mol. The number of aromatic nitrogens is 1. The van der Waals surface area contributed by atoms with Crippen molar-refractivity contribution in [1.29, 1.82) is 0 Å². The zero-order valence-electron chi connectivity index (χ0n) is 9.79. The van der Waals surface area contributed by atoms with Crippen LogP contribution in [0.2, 0.25) is 0 Å². The lowest BCUT2D eigenvalue weighted by Crippen LogP contribution is -2.30. The van der Waals surface area contributed by atoms with Gasteiger partial charge in [0.1, 0.15) is 7.05 Å². The largest absolute Gasteiger partial charge is 0.213 e. The van der Waals surface area contributed by atoms with Gasteiger partial charge in [-0.25, -0.2) is 4.57 Å². The number of nitrogens with zero attached hydrogens (tertiary/aromatic N) is 1. The zero-order valence-corrected chi connectivity index (χ0v) is 11.9. The molecule has 0 spiro atoms. The summed E-state index contributed by atoms with van der Waals surface area (Å²) in [5.41, 5.74) is 5.34. The highest BCUT2D eigenvalue weighted by Gasteiger charge is 2.15. The van der Waals surface area contributed by atoms with Gasteiger partial charge in [0.15, 0.2) is 6.20 Å². The predicted octanol–water partition coefficient (Wildman–Crippen LogP) is 3.40. The van der Waals surface area contributed by atoms with Gasteiger partial charge in [-0.1, -0.05) is 6.07 Å². The van der Waals surface area contributed by atoms with Crippen molar-refractivity contribution < 1.29 is 4.57 Å². The molecule has 2 rings (SSSR count). The van der Waals surface area contributed by atoms with E-state index in [0.29, 0.717) is 0 Å². The molecule has 0 aliphatic rings. The molecule has 0 amide bonds. The van der Waals surface area contributed by atoms with Crippen molar-refractivity contribution in [2.45, 2.75) is 13.8 Å². The maximum Gasteiger partial charge on any atom is 0.213 e. The van der Waals surface area contributed by atoms with Crippen LogP contribution in [0.5, 0.6) is 0 Å². The second-order valence-electron chi connectivity index (χ2n) is 4.06. The lowest BCUT2D eigenvalue weighted by molar-refractivity contribution is -0.660. The van der Waals surface area contributed by atoms with E-state index in [1.165, 1.54) is 26.0 Å². The van der Waals surface area contributed by atoms with Crippen molar-refractivity contribution in [3.05, 3.63) is 51.2 Å². The first kappa shape index (κ1) is 11.6. The van der Waals surface area contributed by atoms with Gasteiger partial charge in [0.05, 0.1) is 5.56 Å². The summed E-state index contributed by atoms with van der Waals surface area (Å²) in [6.45, 7) is 4.36. The lowest BCUT2D eigenvalue weighted by Gasteiger charge is -2.09. The molecule has 1 nitrogen and oxygen atoms in total. The highest BCUT2D eigenvalue weighted by Crippen LogP contribution is 2.28. The molecule has 2 aromatic rings. The molecule has 0 radical (unpaired) electrons. The Bertz CT molecular complexity index is 532. The minimum Gasteiger partial charge on any atom is -0.201 e. The minimum atomic E-state index is 1.27. The first-order valence-electron chi connectivity index (χ1n) is 5.32. The summed E-state index contributed by atoms with van der Waals surface area (Å²) in [4.78, 5) is 0. The molecule has 0 saturated carbocycles. The molecule has 0 aliphatic heterocycles. The summed E-state index contributed by atoms with van der Waals surface area (Å²) in [6.07, 6.45) is 2.09. The third kappa shape index (κ3) is 1.98. The molecule has 0 unspecified atom stereocenters. The van der Waals surface area contributed by atoms with E-state index in [1.54, 1.807) is 0 Å². The summed E-state index contributed by atoms with van der Waals surface area (Å²) in [5, 5.41) is 0. The second kappa shape index (κ2) is 4.53. The van der Waals surface area contributed by atoms with Gasteiger partial charge in [-0.2, -0.15) is 0 Å². The molecule has 1 aromatic carbocycles. The number of halogens is 1. The van der Waals surface area contributed by atoms with Crippen molar-refractivity contribution in [2.24, 2.45) is 7.05 Å². The molecule has 0 aliphatic carbocycles. The van der Waals surface area contributed by atoms with E-state index in [0.717, 1.165) is 0 Å². The molecule has 2 heteroatoms. The fourth-order valence-electron chi connectivity index (χ4n) is 1.88. The van der Waals surface area contributed by atoms with Crippen LogP contribution in [-0.2, 0) is 7.05 Å². The Labute approximate surface area is 110 Å². The Morgan fingerprint density at radius 1 is 1.06 bits per heavy atom. The van der Waals surface area contributed by atoms with E-state index in [9.17, 15) is 0 Å². The molecular formula is C14H15IN+. The Hall–Kier alpha value is -0.900. The average Bonchev–Trinajstić information content (AvgIpc) is 2.27. The normalized spacial score (nSPS) is 10.5. The maximum atomic E-state index is 2.41. The summed E-state index contributed by atoms with van der Waals surface area (Å²) in [7, 11) is 2.09. The molecule has 1 aromatic heterocycles. The maximum absolute atomic E-state index is 2.41. The Morgan fingerprint density at radius 2 is 1.81 bits per heavy atom. The quantitative estimate of drug-likeness (QED) is 0.559. The van der Waals surface area contributed by atoms with Crippen molar-refractivity contribution in [3.63, 3.8) is 0 Å². The van der Waals surface area contributed by atoms with E-state index in [2.05, 4.69) is 84.6 Å². The zero-order chi connectivity index (χ0) is 11.7. The Balaban J connectivity index is 2.74. The van der Waals surface area contributed by atoms with Crippen molar-refractivity contribution in [2.75, 3.05) is 0 Å². The van der Waals surface area contributed by atoms with Crippen molar-refractivity contribution >= 4 is 22.6 Å². The first-order valence-corrected chi connectivity index (χ1v) is 6.40. The SMILES string of the molecule is Cc1ccc(I)c(-c2cccc[n+]2C)c1C. The number of aryl methyl sites for hydroxylation is 2. The highest BCUT2D eigenvalue weighted by atomic mass is 127. The smallest absolute Gasteiger partial charge is 0.201 e. The van der Waals surface area contributed by atoms with Gasteiger partial charge < -0.3 is 0 Å². The average molecular weight is 324 g/mol. The molecular weight excluding hydrogens is 309 g/mol. The van der Waals surface area contributed by atoms with Crippen LogP contribution in [0.15, 0.2) is 36.5 Å². The monoisotopic (exact) mass is 324 g/mol. The van der Waals surface area contributed by atoms with Gasteiger partial charge in [0.25, 0.3) is 0 Å².